The average Bonchev–Trinajstić information content (AvgIpc) is 3.10. The van der Waals surface area contributed by atoms with Crippen LogP contribution >= 0.6 is 21.2 Å². The molecule has 0 aliphatic rings. The van der Waals surface area contributed by atoms with E-state index in [4.69, 9.17) is 9.47 Å². The molecule has 1 heterocycles. The van der Waals surface area contributed by atoms with Gasteiger partial charge in [-0.25, -0.2) is 9.13 Å². The average molecular weight is 531 g/mol. The Balaban J connectivity index is 1.81. The molecule has 7 nitrogen and oxygen atoms in total. The van der Waals surface area contributed by atoms with Gasteiger partial charge in [0.2, 0.25) is 5.88 Å². The summed E-state index contributed by atoms with van der Waals surface area (Å²) >= 11 is 1.17. The summed E-state index contributed by atoms with van der Waals surface area (Å²) in [6.07, 6.45) is 4.55. The van der Waals surface area contributed by atoms with Gasteiger partial charge in [0.15, 0.2) is 5.12 Å². The van der Waals surface area contributed by atoms with Crippen molar-refractivity contribution in [2.75, 3.05) is 12.9 Å². The van der Waals surface area contributed by atoms with Crippen molar-refractivity contribution < 1.29 is 19.4 Å². The number of benzene rings is 2. The second-order valence-electron chi connectivity index (χ2n) is 8.58. The summed E-state index contributed by atoms with van der Waals surface area (Å²) < 4.78 is 14.2. The lowest BCUT2D eigenvalue weighted by molar-refractivity contribution is -0.109. The molecule has 0 saturated carbocycles. The molecule has 9 heteroatoms. The standard InChI is InChI=1S/C27H35N2O5PS/c1-4-5-6-7-25(34-18-20-8-14-23(33-3)15-9-20)21-10-12-22(13-11-21)28-24(16-17-36-19(2)30)26(31)29(35)27(28)32/h8-15,25,31H,4-7,16-18,35H2,1-3H3. The van der Waals surface area contributed by atoms with Crippen molar-refractivity contribution >= 4 is 26.3 Å². The SMILES string of the molecule is CCCCCC(OCc1ccc(OC)cc1)c1ccc(-n2c(CCSC(C)=O)c(O)n(P)c2=O)cc1. The molecule has 36 heavy (non-hydrogen) atoms. The molecule has 2 atom stereocenters. The predicted octanol–water partition coefficient (Wildman–Crippen LogP) is 5.65. The number of ether oxygens (including phenoxy) is 2. The molecule has 2 aromatic carbocycles. The first kappa shape index (κ1) is 28.0. The zero-order chi connectivity index (χ0) is 26.1. The van der Waals surface area contributed by atoms with Crippen LogP contribution < -0.4 is 10.4 Å². The molecular formula is C27H35N2O5PS. The molecule has 2 unspecified atom stereocenters. The minimum atomic E-state index is -0.358. The topological polar surface area (TPSA) is 82.7 Å². The molecule has 0 saturated heterocycles. The number of aromatic hydroxyl groups is 1. The summed E-state index contributed by atoms with van der Waals surface area (Å²) in [4.78, 5) is 24.2. The van der Waals surface area contributed by atoms with E-state index in [0.29, 0.717) is 30.2 Å². The Labute approximate surface area is 219 Å². The maximum atomic E-state index is 12.8. The van der Waals surface area contributed by atoms with Crippen molar-refractivity contribution in [3.63, 3.8) is 0 Å². The lowest BCUT2D eigenvalue weighted by Crippen LogP contribution is -2.20. The third-order valence-corrected chi connectivity index (χ3v) is 7.28. The fourth-order valence-electron chi connectivity index (χ4n) is 4.02. The molecule has 0 fully saturated rings. The number of carbonyl (C=O) groups excluding carboxylic acids is 1. The van der Waals surface area contributed by atoms with Gasteiger partial charge in [0.1, 0.15) is 5.75 Å². The first-order chi connectivity index (χ1) is 17.3. The number of hydrogen-bond donors (Lipinski definition) is 1. The molecule has 0 spiro atoms. The molecule has 0 bridgehead atoms. The van der Waals surface area contributed by atoms with Gasteiger partial charge < -0.3 is 14.6 Å². The van der Waals surface area contributed by atoms with Gasteiger partial charge in [-0.05, 0) is 51.2 Å². The smallest absolute Gasteiger partial charge is 0.338 e. The van der Waals surface area contributed by atoms with Crippen molar-refractivity contribution in [2.45, 2.75) is 58.7 Å². The maximum absolute atomic E-state index is 12.8. The molecular weight excluding hydrogens is 495 g/mol. The summed E-state index contributed by atoms with van der Waals surface area (Å²) in [5.74, 6) is 1.18. The van der Waals surface area contributed by atoms with E-state index in [0.717, 1.165) is 46.9 Å². The minimum absolute atomic E-state index is 0.00167. The van der Waals surface area contributed by atoms with Crippen LogP contribution in [0.2, 0.25) is 0 Å². The molecule has 3 rings (SSSR count). The molecule has 0 radical (unpaired) electrons. The fourth-order valence-corrected chi connectivity index (χ4v) is 4.86. The third-order valence-electron chi connectivity index (χ3n) is 6.00. The lowest BCUT2D eigenvalue weighted by atomic mass is 10.0. The van der Waals surface area contributed by atoms with Gasteiger partial charge >= 0.3 is 5.69 Å². The van der Waals surface area contributed by atoms with E-state index in [1.54, 1.807) is 7.11 Å². The summed E-state index contributed by atoms with van der Waals surface area (Å²) in [6.45, 7) is 4.17. The van der Waals surface area contributed by atoms with Crippen LogP contribution in [0.4, 0.5) is 0 Å². The van der Waals surface area contributed by atoms with E-state index >= 15 is 0 Å². The number of carbonyl (C=O) groups is 1. The van der Waals surface area contributed by atoms with E-state index in [1.807, 2.05) is 48.5 Å². The minimum Gasteiger partial charge on any atom is -0.497 e. The van der Waals surface area contributed by atoms with Crippen LogP contribution in [0.5, 0.6) is 11.6 Å². The van der Waals surface area contributed by atoms with Crippen molar-refractivity contribution in [3.8, 4) is 17.3 Å². The van der Waals surface area contributed by atoms with E-state index in [1.165, 1.54) is 23.3 Å². The number of unbranched alkanes of at least 4 members (excludes halogenated alkanes) is 2. The molecule has 3 aromatic rings. The van der Waals surface area contributed by atoms with Crippen LogP contribution in [0.1, 0.15) is 62.5 Å². The number of rotatable bonds is 13. The number of aromatic nitrogens is 2. The third kappa shape index (κ3) is 7.25. The first-order valence-corrected chi connectivity index (χ1v) is 13.6. The summed E-state index contributed by atoms with van der Waals surface area (Å²) in [6, 6.07) is 15.6. The summed E-state index contributed by atoms with van der Waals surface area (Å²) in [5.41, 5.74) is 2.89. The number of hydrogen-bond acceptors (Lipinski definition) is 6. The van der Waals surface area contributed by atoms with Gasteiger partial charge in [-0.15, -0.1) is 0 Å². The highest BCUT2D eigenvalue weighted by molar-refractivity contribution is 8.13. The molecule has 1 N–H and O–H groups in total. The van der Waals surface area contributed by atoms with Gasteiger partial charge in [-0.2, -0.15) is 0 Å². The molecule has 194 valence electrons. The number of imidazole rings is 1. The van der Waals surface area contributed by atoms with Crippen LogP contribution in [-0.4, -0.2) is 32.0 Å². The van der Waals surface area contributed by atoms with Gasteiger partial charge in [0.25, 0.3) is 0 Å². The first-order valence-electron chi connectivity index (χ1n) is 12.1. The van der Waals surface area contributed by atoms with E-state index in [2.05, 4.69) is 16.3 Å². The van der Waals surface area contributed by atoms with Gasteiger partial charge in [-0.3, -0.25) is 9.36 Å². The fraction of sp³-hybridized carbons (Fsp3) is 0.407. The van der Waals surface area contributed by atoms with Crippen LogP contribution in [0.3, 0.4) is 0 Å². The monoisotopic (exact) mass is 530 g/mol. The second-order valence-corrected chi connectivity index (χ2v) is 10.4. The predicted molar refractivity (Wildman–Crippen MR) is 148 cm³/mol. The van der Waals surface area contributed by atoms with Gasteiger partial charge in [0.05, 0.1) is 31.2 Å². The zero-order valence-corrected chi connectivity index (χ0v) is 23.1. The number of thioether (sulfide) groups is 1. The maximum Gasteiger partial charge on any atom is 0.338 e. The lowest BCUT2D eigenvalue weighted by Gasteiger charge is -2.19. The molecule has 0 aliphatic carbocycles. The second kappa shape index (κ2) is 13.7. The van der Waals surface area contributed by atoms with Crippen molar-refractivity contribution in [1.82, 2.24) is 8.90 Å². The van der Waals surface area contributed by atoms with Crippen LogP contribution in [0.25, 0.3) is 5.69 Å². The van der Waals surface area contributed by atoms with Crippen LogP contribution in [-0.2, 0) is 22.6 Å². The highest BCUT2D eigenvalue weighted by Gasteiger charge is 2.20. The Kier molecular flexibility index (Phi) is 10.7. The Morgan fingerprint density at radius 1 is 1.11 bits per heavy atom. The van der Waals surface area contributed by atoms with Gasteiger partial charge in [-0.1, -0.05) is 62.2 Å². The number of methoxy groups -OCH3 is 1. The number of nitrogens with zero attached hydrogens (tertiary/aromatic N) is 2. The normalized spacial score (nSPS) is 12.0. The van der Waals surface area contributed by atoms with E-state index in [9.17, 15) is 14.7 Å². The van der Waals surface area contributed by atoms with Crippen LogP contribution in [0.15, 0.2) is 53.3 Å². The quantitative estimate of drug-likeness (QED) is 0.227. The van der Waals surface area contributed by atoms with Crippen molar-refractivity contribution in [3.05, 3.63) is 75.8 Å². The van der Waals surface area contributed by atoms with Gasteiger partial charge in [0, 0.05) is 19.1 Å². The molecule has 0 amide bonds. The van der Waals surface area contributed by atoms with E-state index < -0.39 is 0 Å². The largest absolute Gasteiger partial charge is 0.497 e. The summed E-state index contributed by atoms with van der Waals surface area (Å²) in [7, 11) is 3.90. The Morgan fingerprint density at radius 2 is 1.81 bits per heavy atom. The molecule has 1 aromatic heterocycles. The summed E-state index contributed by atoms with van der Waals surface area (Å²) in [5, 5.41) is 10.5. The highest BCUT2D eigenvalue weighted by atomic mass is 32.2. The van der Waals surface area contributed by atoms with E-state index in [-0.39, 0.29) is 22.8 Å². The highest BCUT2D eigenvalue weighted by Crippen LogP contribution is 2.28. The Bertz CT molecular complexity index is 1190. The molecule has 0 aliphatic heterocycles. The van der Waals surface area contributed by atoms with Crippen molar-refractivity contribution in [2.24, 2.45) is 0 Å². The van der Waals surface area contributed by atoms with Crippen molar-refractivity contribution in [1.29, 1.82) is 0 Å². The van der Waals surface area contributed by atoms with Crippen LogP contribution in [0, 0.1) is 0 Å². The zero-order valence-electron chi connectivity index (χ0n) is 21.1. The Morgan fingerprint density at radius 3 is 2.42 bits per heavy atom. The Hall–Kier alpha value is -2.54.